The Bertz CT molecular complexity index is 899. The molecule has 0 aliphatic rings. The number of benzene rings is 1. The van der Waals surface area contributed by atoms with Crippen LogP contribution in [0.2, 0.25) is 0 Å². The summed E-state index contributed by atoms with van der Waals surface area (Å²) in [6.45, 7) is 0.312. The number of carbonyl (C=O) groups excluding carboxylic acids is 2. The number of ether oxygens (including phenoxy) is 3. The van der Waals surface area contributed by atoms with E-state index in [-0.39, 0.29) is 28.9 Å². The van der Waals surface area contributed by atoms with Gasteiger partial charge in [0.1, 0.15) is 0 Å². The van der Waals surface area contributed by atoms with Crippen LogP contribution >= 0.6 is 11.8 Å². The lowest BCUT2D eigenvalue weighted by Gasteiger charge is -2.10. The number of methoxy groups -OCH3 is 3. The second-order valence-electron chi connectivity index (χ2n) is 5.55. The van der Waals surface area contributed by atoms with Crippen LogP contribution in [0, 0.1) is 0 Å². The number of nitrogens with zero attached hydrogens (tertiary/aromatic N) is 1. The summed E-state index contributed by atoms with van der Waals surface area (Å²) in [5.41, 5.74) is 0.730. The highest BCUT2D eigenvalue weighted by Crippen LogP contribution is 2.27. The van der Waals surface area contributed by atoms with Gasteiger partial charge in [-0.25, -0.2) is 4.98 Å². The van der Waals surface area contributed by atoms with Crippen molar-refractivity contribution >= 4 is 23.6 Å². The Balaban J connectivity index is 1.90. The normalized spacial score (nSPS) is 10.2. The number of rotatable bonds is 9. The number of hydrogen-bond acceptors (Lipinski definition) is 8. The van der Waals surface area contributed by atoms with E-state index in [0.717, 1.165) is 17.3 Å². The summed E-state index contributed by atoms with van der Waals surface area (Å²) in [6, 6.07) is 6.58. The fourth-order valence-electron chi connectivity index (χ4n) is 2.24. The standard InChI is InChI=1S/C18H21N3O6S/c1-25-13-5-4-11(6-14(13)26-2)9-19-16(23)10-28-18-20-12(7-15(22)21-18)8-17(24)27-3/h4-7H,8-10H2,1-3H3,(H,19,23)(H,20,21,22). The fourth-order valence-corrected chi connectivity index (χ4v) is 2.96. The smallest absolute Gasteiger partial charge is 0.311 e. The zero-order valence-electron chi connectivity index (χ0n) is 15.7. The van der Waals surface area contributed by atoms with E-state index in [1.54, 1.807) is 26.4 Å². The second kappa shape index (κ2) is 10.4. The monoisotopic (exact) mass is 407 g/mol. The molecule has 2 aromatic rings. The predicted octanol–water partition coefficient (Wildman–Crippen LogP) is 0.911. The molecule has 0 aliphatic heterocycles. The van der Waals surface area contributed by atoms with Gasteiger partial charge in [-0.2, -0.15) is 0 Å². The summed E-state index contributed by atoms with van der Waals surface area (Å²) in [6.07, 6.45) is -0.112. The van der Waals surface area contributed by atoms with E-state index >= 15 is 0 Å². The molecule has 10 heteroatoms. The summed E-state index contributed by atoms with van der Waals surface area (Å²) in [7, 11) is 4.35. The van der Waals surface area contributed by atoms with Gasteiger partial charge >= 0.3 is 5.97 Å². The molecule has 0 aliphatic carbocycles. The molecule has 28 heavy (non-hydrogen) atoms. The number of hydrogen-bond donors (Lipinski definition) is 2. The van der Waals surface area contributed by atoms with E-state index in [1.165, 1.54) is 13.2 Å². The third-order valence-corrected chi connectivity index (χ3v) is 4.48. The van der Waals surface area contributed by atoms with E-state index in [4.69, 9.17) is 9.47 Å². The Morgan fingerprint density at radius 2 is 1.89 bits per heavy atom. The van der Waals surface area contributed by atoms with Crippen molar-refractivity contribution in [1.29, 1.82) is 0 Å². The van der Waals surface area contributed by atoms with Crippen molar-refractivity contribution in [2.24, 2.45) is 0 Å². The number of amides is 1. The number of carbonyl (C=O) groups is 2. The van der Waals surface area contributed by atoms with Crippen LogP contribution in [0.3, 0.4) is 0 Å². The van der Waals surface area contributed by atoms with Gasteiger partial charge in [0.2, 0.25) is 5.91 Å². The number of H-pyrrole nitrogens is 1. The quantitative estimate of drug-likeness (QED) is 0.358. The van der Waals surface area contributed by atoms with Crippen molar-refractivity contribution in [2.75, 3.05) is 27.1 Å². The largest absolute Gasteiger partial charge is 0.493 e. The third-order valence-electron chi connectivity index (χ3n) is 3.60. The molecule has 0 atom stereocenters. The molecule has 0 bridgehead atoms. The van der Waals surface area contributed by atoms with Gasteiger partial charge in [0.15, 0.2) is 16.7 Å². The maximum atomic E-state index is 12.1. The molecule has 1 heterocycles. The Kier molecular flexibility index (Phi) is 7.88. The summed E-state index contributed by atoms with van der Waals surface area (Å²) < 4.78 is 15.0. The van der Waals surface area contributed by atoms with Crippen LogP contribution in [-0.4, -0.2) is 48.9 Å². The topological polar surface area (TPSA) is 120 Å². The lowest BCUT2D eigenvalue weighted by Crippen LogP contribution is -2.25. The van der Waals surface area contributed by atoms with Gasteiger partial charge in [0, 0.05) is 12.6 Å². The fraction of sp³-hybridized carbons (Fsp3) is 0.333. The van der Waals surface area contributed by atoms with Crippen molar-refractivity contribution in [3.05, 3.63) is 45.9 Å². The molecule has 0 saturated heterocycles. The molecule has 0 saturated carbocycles. The van der Waals surface area contributed by atoms with E-state index in [0.29, 0.717) is 18.0 Å². The zero-order chi connectivity index (χ0) is 20.5. The van der Waals surface area contributed by atoms with Crippen LogP contribution in [-0.2, 0) is 27.3 Å². The summed E-state index contributed by atoms with van der Waals surface area (Å²) in [4.78, 5) is 41.7. The molecule has 0 unspecified atom stereocenters. The first kappa shape index (κ1) is 21.3. The molecule has 1 amide bonds. The summed E-state index contributed by atoms with van der Waals surface area (Å²) in [5.74, 6) is 0.503. The lowest BCUT2D eigenvalue weighted by atomic mass is 10.2. The Hall–Kier alpha value is -3.01. The van der Waals surface area contributed by atoms with Gasteiger partial charge in [0.05, 0.1) is 39.2 Å². The van der Waals surface area contributed by atoms with Gasteiger partial charge in [-0.3, -0.25) is 14.4 Å². The highest BCUT2D eigenvalue weighted by molar-refractivity contribution is 7.99. The van der Waals surface area contributed by atoms with Crippen molar-refractivity contribution in [1.82, 2.24) is 15.3 Å². The Morgan fingerprint density at radius 3 is 2.57 bits per heavy atom. The first-order chi connectivity index (χ1) is 13.4. The van der Waals surface area contributed by atoms with E-state index in [1.807, 2.05) is 6.07 Å². The molecule has 1 aromatic heterocycles. The summed E-state index contributed by atoms with van der Waals surface area (Å²) >= 11 is 1.06. The van der Waals surface area contributed by atoms with Crippen LogP contribution in [0.5, 0.6) is 11.5 Å². The van der Waals surface area contributed by atoms with E-state index < -0.39 is 11.5 Å². The molecule has 150 valence electrons. The van der Waals surface area contributed by atoms with Crippen LogP contribution in [0.4, 0.5) is 0 Å². The number of aromatic nitrogens is 2. The lowest BCUT2D eigenvalue weighted by molar-refractivity contribution is -0.139. The first-order valence-corrected chi connectivity index (χ1v) is 9.21. The minimum absolute atomic E-state index is 0.0535. The van der Waals surface area contributed by atoms with E-state index in [9.17, 15) is 14.4 Å². The number of aromatic amines is 1. The van der Waals surface area contributed by atoms with Gasteiger partial charge in [0.25, 0.3) is 5.56 Å². The van der Waals surface area contributed by atoms with Gasteiger partial charge in [-0.15, -0.1) is 0 Å². The van der Waals surface area contributed by atoms with Gasteiger partial charge in [-0.1, -0.05) is 17.8 Å². The Morgan fingerprint density at radius 1 is 1.14 bits per heavy atom. The average Bonchev–Trinajstić information content (AvgIpc) is 2.69. The van der Waals surface area contributed by atoms with Crippen molar-refractivity contribution in [3.63, 3.8) is 0 Å². The first-order valence-electron chi connectivity index (χ1n) is 8.22. The van der Waals surface area contributed by atoms with Crippen LogP contribution in [0.1, 0.15) is 11.3 Å². The maximum Gasteiger partial charge on any atom is 0.311 e. The van der Waals surface area contributed by atoms with Crippen LogP contribution in [0.25, 0.3) is 0 Å². The predicted molar refractivity (Wildman–Crippen MR) is 103 cm³/mol. The second-order valence-corrected chi connectivity index (χ2v) is 6.51. The average molecular weight is 407 g/mol. The number of thioether (sulfide) groups is 1. The summed E-state index contributed by atoms with van der Waals surface area (Å²) in [5, 5.41) is 3.04. The van der Waals surface area contributed by atoms with Crippen molar-refractivity contribution < 1.29 is 23.8 Å². The minimum atomic E-state index is -0.498. The zero-order valence-corrected chi connectivity index (χ0v) is 16.6. The molecular weight excluding hydrogens is 386 g/mol. The van der Waals surface area contributed by atoms with Gasteiger partial charge < -0.3 is 24.5 Å². The molecular formula is C18H21N3O6S. The highest BCUT2D eigenvalue weighted by atomic mass is 32.2. The van der Waals surface area contributed by atoms with Crippen LogP contribution in [0.15, 0.2) is 34.2 Å². The molecule has 0 radical (unpaired) electrons. The number of nitrogens with one attached hydrogen (secondary N) is 2. The van der Waals surface area contributed by atoms with Crippen molar-refractivity contribution in [3.8, 4) is 11.5 Å². The molecule has 9 nitrogen and oxygen atoms in total. The molecule has 0 fully saturated rings. The number of esters is 1. The Labute approximate surface area is 165 Å². The minimum Gasteiger partial charge on any atom is -0.493 e. The van der Waals surface area contributed by atoms with E-state index in [2.05, 4.69) is 20.0 Å². The highest BCUT2D eigenvalue weighted by Gasteiger charge is 2.10. The molecule has 1 aromatic carbocycles. The molecule has 2 rings (SSSR count). The maximum absolute atomic E-state index is 12.1. The van der Waals surface area contributed by atoms with Crippen LogP contribution < -0.4 is 20.3 Å². The molecule has 0 spiro atoms. The molecule has 2 N–H and O–H groups in total. The SMILES string of the molecule is COC(=O)Cc1cc(=O)[nH]c(SCC(=O)NCc2ccc(OC)c(OC)c2)n1. The van der Waals surface area contributed by atoms with Gasteiger partial charge in [-0.05, 0) is 17.7 Å². The van der Waals surface area contributed by atoms with Crippen molar-refractivity contribution in [2.45, 2.75) is 18.1 Å². The third kappa shape index (κ3) is 6.31.